The lowest BCUT2D eigenvalue weighted by molar-refractivity contribution is -0.114. The molecule has 0 spiro atoms. The van der Waals surface area contributed by atoms with E-state index in [-0.39, 0.29) is 12.1 Å². The van der Waals surface area contributed by atoms with E-state index in [9.17, 15) is 4.79 Å². The van der Waals surface area contributed by atoms with Crippen LogP contribution in [0.1, 0.15) is 6.92 Å². The summed E-state index contributed by atoms with van der Waals surface area (Å²) in [6.45, 7) is 1.49. The van der Waals surface area contributed by atoms with E-state index in [0.29, 0.717) is 0 Å². The summed E-state index contributed by atoms with van der Waals surface area (Å²) < 4.78 is 1.95. The standard InChI is InChI=1S/C15H17N5O/c1-10(21)17-12-5-3-11(4-6-12)13-9-20-8-7-14(16-2)19-15(20)18-13/h3-9,14,16H,1-2H3,(H,17,21)(H,18,19). The lowest BCUT2D eigenvalue weighted by Gasteiger charge is -2.18. The summed E-state index contributed by atoms with van der Waals surface area (Å²) >= 11 is 0. The Bertz CT molecular complexity index is 687. The molecule has 0 radical (unpaired) electrons. The molecule has 1 unspecified atom stereocenters. The minimum atomic E-state index is -0.0762. The largest absolute Gasteiger partial charge is 0.336 e. The van der Waals surface area contributed by atoms with Gasteiger partial charge in [-0.3, -0.25) is 14.7 Å². The molecule has 3 N–H and O–H groups in total. The molecule has 3 rings (SSSR count). The van der Waals surface area contributed by atoms with E-state index in [1.165, 1.54) is 6.92 Å². The molecule has 2 heterocycles. The second-order valence-electron chi connectivity index (χ2n) is 4.87. The van der Waals surface area contributed by atoms with Crippen LogP contribution in [-0.4, -0.2) is 28.7 Å². The third kappa shape index (κ3) is 2.80. The van der Waals surface area contributed by atoms with Gasteiger partial charge in [0.2, 0.25) is 11.9 Å². The molecule has 6 heteroatoms. The van der Waals surface area contributed by atoms with Crippen molar-refractivity contribution in [3.05, 3.63) is 36.5 Å². The van der Waals surface area contributed by atoms with Crippen LogP contribution in [0.25, 0.3) is 17.5 Å². The van der Waals surface area contributed by atoms with Crippen LogP contribution >= 0.6 is 0 Å². The van der Waals surface area contributed by atoms with Gasteiger partial charge in [0.05, 0.1) is 5.69 Å². The Morgan fingerprint density at radius 1 is 1.33 bits per heavy atom. The molecule has 0 aliphatic carbocycles. The minimum Gasteiger partial charge on any atom is -0.336 e. The summed E-state index contributed by atoms with van der Waals surface area (Å²) in [7, 11) is 1.89. The normalized spacial score (nSPS) is 16.2. The van der Waals surface area contributed by atoms with Crippen molar-refractivity contribution in [2.24, 2.45) is 0 Å². The summed E-state index contributed by atoms with van der Waals surface area (Å²) in [6.07, 6.45) is 6.07. The molecular weight excluding hydrogens is 266 g/mol. The van der Waals surface area contributed by atoms with Crippen molar-refractivity contribution in [2.45, 2.75) is 13.1 Å². The summed E-state index contributed by atoms with van der Waals surface area (Å²) in [6, 6.07) is 7.63. The maximum absolute atomic E-state index is 11.0. The minimum absolute atomic E-state index is 0.0762. The van der Waals surface area contributed by atoms with Gasteiger partial charge >= 0.3 is 0 Å². The Kier molecular flexibility index (Phi) is 3.45. The maximum Gasteiger partial charge on any atom is 0.221 e. The zero-order valence-corrected chi connectivity index (χ0v) is 11.9. The number of hydrogen-bond donors (Lipinski definition) is 3. The third-order valence-corrected chi connectivity index (χ3v) is 3.27. The molecule has 1 amide bonds. The van der Waals surface area contributed by atoms with Gasteiger partial charge in [-0.15, -0.1) is 0 Å². The van der Waals surface area contributed by atoms with Crippen LogP contribution in [0.3, 0.4) is 0 Å². The first kappa shape index (κ1) is 13.4. The van der Waals surface area contributed by atoms with Crippen molar-refractivity contribution in [2.75, 3.05) is 17.7 Å². The Hall–Kier alpha value is -2.60. The lowest BCUT2D eigenvalue weighted by Crippen LogP contribution is -2.34. The summed E-state index contributed by atoms with van der Waals surface area (Å²) in [5.74, 6) is 0.727. The Labute approximate surface area is 122 Å². The predicted molar refractivity (Wildman–Crippen MR) is 83.8 cm³/mol. The number of aromatic nitrogens is 2. The second kappa shape index (κ2) is 5.41. The number of anilines is 2. The Morgan fingerprint density at radius 2 is 2.10 bits per heavy atom. The number of hydrogen-bond acceptors (Lipinski definition) is 4. The number of nitrogens with one attached hydrogen (secondary N) is 3. The van der Waals surface area contributed by atoms with Crippen LogP contribution in [0.15, 0.2) is 36.5 Å². The molecule has 0 saturated carbocycles. The van der Waals surface area contributed by atoms with E-state index in [0.717, 1.165) is 22.9 Å². The fraction of sp³-hybridized carbons (Fsp3) is 0.200. The monoisotopic (exact) mass is 283 g/mol. The quantitative estimate of drug-likeness (QED) is 0.805. The average molecular weight is 283 g/mol. The van der Waals surface area contributed by atoms with Gasteiger partial charge in [-0.1, -0.05) is 12.1 Å². The first-order valence-corrected chi connectivity index (χ1v) is 6.75. The molecule has 1 atom stereocenters. The van der Waals surface area contributed by atoms with Gasteiger partial charge in [-0.05, 0) is 25.3 Å². The fourth-order valence-electron chi connectivity index (χ4n) is 2.22. The van der Waals surface area contributed by atoms with Gasteiger partial charge in [0.15, 0.2) is 0 Å². The summed E-state index contributed by atoms with van der Waals surface area (Å²) in [5, 5.41) is 9.15. The first-order valence-electron chi connectivity index (χ1n) is 6.75. The smallest absolute Gasteiger partial charge is 0.221 e. The highest BCUT2D eigenvalue weighted by Crippen LogP contribution is 2.24. The number of rotatable bonds is 3. The Balaban J connectivity index is 1.84. The van der Waals surface area contributed by atoms with Crippen molar-refractivity contribution >= 4 is 23.7 Å². The predicted octanol–water partition coefficient (Wildman–Crippen LogP) is 1.95. The van der Waals surface area contributed by atoms with E-state index < -0.39 is 0 Å². The number of amides is 1. The molecule has 2 aromatic rings. The summed E-state index contributed by atoms with van der Waals surface area (Å²) in [4.78, 5) is 15.6. The number of carbonyl (C=O) groups is 1. The molecular formula is C15H17N5O. The van der Waals surface area contributed by atoms with Crippen molar-refractivity contribution in [3.63, 3.8) is 0 Å². The van der Waals surface area contributed by atoms with Gasteiger partial charge in [0.25, 0.3) is 0 Å². The van der Waals surface area contributed by atoms with Gasteiger partial charge in [-0.2, -0.15) is 0 Å². The van der Waals surface area contributed by atoms with Crippen LogP contribution in [-0.2, 0) is 4.79 Å². The van der Waals surface area contributed by atoms with Crippen LogP contribution in [0.5, 0.6) is 0 Å². The van der Waals surface area contributed by atoms with Gasteiger partial charge in [-0.25, -0.2) is 4.98 Å². The molecule has 1 aromatic heterocycles. The number of fused-ring (bicyclic) bond motifs is 1. The van der Waals surface area contributed by atoms with Crippen molar-refractivity contribution in [3.8, 4) is 11.3 Å². The molecule has 21 heavy (non-hydrogen) atoms. The zero-order valence-electron chi connectivity index (χ0n) is 11.9. The first-order chi connectivity index (χ1) is 10.2. The number of likely N-dealkylation sites (N-methyl/N-ethyl adjacent to an activating group) is 1. The zero-order chi connectivity index (χ0) is 14.8. The van der Waals surface area contributed by atoms with Gasteiger partial charge in [0.1, 0.15) is 6.17 Å². The van der Waals surface area contributed by atoms with E-state index in [1.807, 2.05) is 54.4 Å². The van der Waals surface area contributed by atoms with E-state index in [4.69, 9.17) is 0 Å². The average Bonchev–Trinajstić information content (AvgIpc) is 2.90. The lowest BCUT2D eigenvalue weighted by atomic mass is 10.1. The molecule has 0 fully saturated rings. The van der Waals surface area contributed by atoms with E-state index in [2.05, 4.69) is 20.9 Å². The molecule has 108 valence electrons. The number of nitrogens with zero attached hydrogens (tertiary/aromatic N) is 2. The molecule has 0 bridgehead atoms. The molecule has 1 aliphatic rings. The van der Waals surface area contributed by atoms with Crippen molar-refractivity contribution in [1.82, 2.24) is 14.9 Å². The third-order valence-electron chi connectivity index (χ3n) is 3.27. The second-order valence-corrected chi connectivity index (χ2v) is 4.87. The van der Waals surface area contributed by atoms with Crippen molar-refractivity contribution < 1.29 is 4.79 Å². The highest BCUT2D eigenvalue weighted by Gasteiger charge is 2.14. The van der Waals surface area contributed by atoms with E-state index in [1.54, 1.807) is 0 Å². The number of carbonyl (C=O) groups excluding carboxylic acids is 1. The van der Waals surface area contributed by atoms with Crippen LogP contribution < -0.4 is 16.0 Å². The van der Waals surface area contributed by atoms with E-state index >= 15 is 0 Å². The SMILES string of the molecule is CNC1C=Cn2cc(-c3ccc(NC(C)=O)cc3)nc2N1. The van der Waals surface area contributed by atoms with Crippen LogP contribution in [0.2, 0.25) is 0 Å². The summed E-state index contributed by atoms with van der Waals surface area (Å²) in [5.41, 5.74) is 2.67. The molecule has 1 aliphatic heterocycles. The van der Waals surface area contributed by atoms with Gasteiger partial charge < -0.3 is 10.6 Å². The van der Waals surface area contributed by atoms with Crippen molar-refractivity contribution in [1.29, 1.82) is 0 Å². The number of imidazole rings is 1. The van der Waals surface area contributed by atoms with Gasteiger partial charge in [0, 0.05) is 30.6 Å². The van der Waals surface area contributed by atoms with Crippen LogP contribution in [0.4, 0.5) is 11.6 Å². The maximum atomic E-state index is 11.0. The highest BCUT2D eigenvalue weighted by atomic mass is 16.1. The highest BCUT2D eigenvalue weighted by molar-refractivity contribution is 5.88. The van der Waals surface area contributed by atoms with Crippen LogP contribution in [0, 0.1) is 0 Å². The number of benzene rings is 1. The topological polar surface area (TPSA) is 71.0 Å². The molecule has 0 saturated heterocycles. The molecule has 6 nitrogen and oxygen atoms in total. The Morgan fingerprint density at radius 3 is 2.76 bits per heavy atom. The fourth-order valence-corrected chi connectivity index (χ4v) is 2.22. The molecule has 1 aromatic carbocycles.